The van der Waals surface area contributed by atoms with Crippen LogP contribution < -0.4 is 21.5 Å². The molecule has 1 atom stereocenters. The first-order valence-electron chi connectivity index (χ1n) is 6.29. The van der Waals surface area contributed by atoms with Gasteiger partial charge in [0, 0.05) is 33.1 Å². The van der Waals surface area contributed by atoms with Crippen molar-refractivity contribution in [1.82, 2.24) is 15.3 Å². The fraction of sp³-hybridized carbons (Fsp3) is 0.583. The normalized spacial score (nSPS) is 11.8. The number of rotatable bonds is 6. The number of anilines is 2. The molecular weight excluding hydrogens is 244 g/mol. The van der Waals surface area contributed by atoms with Crippen molar-refractivity contribution in [2.24, 2.45) is 11.8 Å². The number of amides is 1. The minimum absolute atomic E-state index is 0.00814. The van der Waals surface area contributed by atoms with E-state index in [0.717, 1.165) is 12.2 Å². The summed E-state index contributed by atoms with van der Waals surface area (Å²) in [5, 5.41) is 2.64. The van der Waals surface area contributed by atoms with E-state index in [-0.39, 0.29) is 11.8 Å². The van der Waals surface area contributed by atoms with Crippen molar-refractivity contribution in [2.45, 2.75) is 20.3 Å². The zero-order valence-corrected chi connectivity index (χ0v) is 11.9. The summed E-state index contributed by atoms with van der Waals surface area (Å²) in [6.07, 6.45) is 0.724. The number of carbonyl (C=O) groups excluding carboxylic acids is 1. The number of hydrogen-bond donors (Lipinski definition) is 3. The lowest BCUT2D eigenvalue weighted by Gasteiger charge is -2.22. The first-order chi connectivity index (χ1) is 9.01. The molecule has 7 nitrogen and oxygen atoms in total. The fourth-order valence-corrected chi connectivity index (χ4v) is 1.74. The van der Waals surface area contributed by atoms with E-state index in [1.165, 1.54) is 0 Å². The maximum absolute atomic E-state index is 11.5. The van der Waals surface area contributed by atoms with Gasteiger partial charge in [-0.25, -0.2) is 15.8 Å². The number of nitrogen functional groups attached to an aromatic ring is 1. The molecule has 1 aromatic heterocycles. The van der Waals surface area contributed by atoms with Gasteiger partial charge in [0.2, 0.25) is 5.91 Å². The van der Waals surface area contributed by atoms with Gasteiger partial charge < -0.3 is 15.6 Å². The third-order valence-corrected chi connectivity index (χ3v) is 2.86. The standard InChI is InChI=1S/C12H22N6O/c1-5-9-15-10(17-13)6-11(16-9)18(4)7-8(2)12(19)14-3/h6,8H,5,7,13H2,1-4H3,(H,14,19)(H,15,16,17). The van der Waals surface area contributed by atoms with Gasteiger partial charge in [-0.2, -0.15) is 0 Å². The van der Waals surface area contributed by atoms with Gasteiger partial charge in [0.25, 0.3) is 0 Å². The van der Waals surface area contributed by atoms with E-state index >= 15 is 0 Å². The monoisotopic (exact) mass is 266 g/mol. The Labute approximate surface area is 113 Å². The van der Waals surface area contributed by atoms with Gasteiger partial charge in [0.1, 0.15) is 17.5 Å². The van der Waals surface area contributed by atoms with Crippen LogP contribution in [0.1, 0.15) is 19.7 Å². The van der Waals surface area contributed by atoms with Gasteiger partial charge in [0.05, 0.1) is 5.92 Å². The minimum atomic E-state index is -0.121. The van der Waals surface area contributed by atoms with Crippen LogP contribution in [-0.4, -0.2) is 36.5 Å². The number of nitrogens with zero attached hydrogens (tertiary/aromatic N) is 3. The molecule has 106 valence electrons. The lowest BCUT2D eigenvalue weighted by molar-refractivity contribution is -0.123. The van der Waals surface area contributed by atoms with Crippen LogP contribution >= 0.6 is 0 Å². The fourth-order valence-electron chi connectivity index (χ4n) is 1.74. The molecule has 0 saturated carbocycles. The van der Waals surface area contributed by atoms with Crippen LogP contribution in [-0.2, 0) is 11.2 Å². The Balaban J connectivity index is 2.86. The second kappa shape index (κ2) is 6.89. The van der Waals surface area contributed by atoms with Crippen molar-refractivity contribution < 1.29 is 4.79 Å². The van der Waals surface area contributed by atoms with Crippen molar-refractivity contribution >= 4 is 17.5 Å². The van der Waals surface area contributed by atoms with Gasteiger partial charge in [0.15, 0.2) is 0 Å². The lowest BCUT2D eigenvalue weighted by Crippen LogP contribution is -2.34. The van der Waals surface area contributed by atoms with Gasteiger partial charge in [-0.3, -0.25) is 4.79 Å². The summed E-state index contributed by atoms with van der Waals surface area (Å²) in [7, 11) is 3.52. The molecule has 0 aliphatic carbocycles. The largest absolute Gasteiger partial charge is 0.359 e. The molecule has 1 heterocycles. The Morgan fingerprint density at radius 1 is 1.53 bits per heavy atom. The van der Waals surface area contributed by atoms with Crippen molar-refractivity contribution in [3.05, 3.63) is 11.9 Å². The summed E-state index contributed by atoms with van der Waals surface area (Å²) in [5.74, 6) is 7.31. The van der Waals surface area contributed by atoms with E-state index in [1.807, 2.05) is 25.8 Å². The van der Waals surface area contributed by atoms with Gasteiger partial charge in [-0.1, -0.05) is 13.8 Å². The molecule has 0 aliphatic heterocycles. The molecule has 1 unspecified atom stereocenters. The highest BCUT2D eigenvalue weighted by atomic mass is 16.1. The molecule has 0 aromatic carbocycles. The quantitative estimate of drug-likeness (QED) is 0.501. The summed E-state index contributed by atoms with van der Waals surface area (Å²) >= 11 is 0. The van der Waals surface area contributed by atoms with Crippen LogP contribution in [0.5, 0.6) is 0 Å². The Hall–Kier alpha value is -1.89. The average molecular weight is 266 g/mol. The predicted octanol–water partition coefficient (Wildman–Crippen LogP) is 0.143. The molecule has 0 bridgehead atoms. The number of aryl methyl sites for hydroxylation is 1. The summed E-state index contributed by atoms with van der Waals surface area (Å²) in [5.41, 5.74) is 2.53. The van der Waals surface area contributed by atoms with Crippen LogP contribution in [0.3, 0.4) is 0 Å². The zero-order chi connectivity index (χ0) is 14.4. The van der Waals surface area contributed by atoms with Gasteiger partial charge in [-0.15, -0.1) is 0 Å². The molecule has 4 N–H and O–H groups in total. The molecule has 19 heavy (non-hydrogen) atoms. The molecule has 0 saturated heterocycles. The van der Waals surface area contributed by atoms with E-state index in [2.05, 4.69) is 20.7 Å². The Kier molecular flexibility index (Phi) is 5.50. The maximum atomic E-state index is 11.5. The molecule has 0 aliphatic rings. The third kappa shape index (κ3) is 4.06. The highest BCUT2D eigenvalue weighted by Crippen LogP contribution is 2.15. The second-order valence-corrected chi connectivity index (χ2v) is 4.42. The molecule has 7 heteroatoms. The van der Waals surface area contributed by atoms with Crippen molar-refractivity contribution in [2.75, 3.05) is 31.0 Å². The van der Waals surface area contributed by atoms with Crippen molar-refractivity contribution in [1.29, 1.82) is 0 Å². The van der Waals surface area contributed by atoms with Crippen LogP contribution in [0.2, 0.25) is 0 Å². The van der Waals surface area contributed by atoms with Gasteiger partial charge >= 0.3 is 0 Å². The highest BCUT2D eigenvalue weighted by molar-refractivity contribution is 5.78. The van der Waals surface area contributed by atoms with Crippen LogP contribution in [0.4, 0.5) is 11.6 Å². The molecule has 0 radical (unpaired) electrons. The smallest absolute Gasteiger partial charge is 0.224 e. The van der Waals surface area contributed by atoms with Gasteiger partial charge in [-0.05, 0) is 0 Å². The van der Waals surface area contributed by atoms with Crippen molar-refractivity contribution in [3.63, 3.8) is 0 Å². The minimum Gasteiger partial charge on any atom is -0.359 e. The SMILES string of the molecule is CCc1nc(NN)cc(N(C)CC(C)C(=O)NC)n1. The van der Waals surface area contributed by atoms with Crippen LogP contribution in [0.25, 0.3) is 0 Å². The molecule has 0 fully saturated rings. The molecule has 1 amide bonds. The summed E-state index contributed by atoms with van der Waals surface area (Å²) in [4.78, 5) is 22.1. The Bertz CT molecular complexity index is 414. The number of nitrogens with one attached hydrogen (secondary N) is 2. The van der Waals surface area contributed by atoms with E-state index in [9.17, 15) is 4.79 Å². The molecule has 1 rings (SSSR count). The topological polar surface area (TPSA) is 96.2 Å². The molecule has 1 aromatic rings. The predicted molar refractivity (Wildman–Crippen MR) is 75.7 cm³/mol. The number of carbonyl (C=O) groups is 1. The first kappa shape index (κ1) is 15.2. The lowest BCUT2D eigenvalue weighted by atomic mass is 10.1. The summed E-state index contributed by atoms with van der Waals surface area (Å²) in [6.45, 7) is 4.43. The summed E-state index contributed by atoms with van der Waals surface area (Å²) in [6, 6.07) is 1.76. The highest BCUT2D eigenvalue weighted by Gasteiger charge is 2.15. The zero-order valence-electron chi connectivity index (χ0n) is 11.9. The average Bonchev–Trinajstić information content (AvgIpc) is 2.45. The number of aromatic nitrogens is 2. The van der Waals surface area contributed by atoms with E-state index in [4.69, 9.17) is 5.84 Å². The Morgan fingerprint density at radius 2 is 2.21 bits per heavy atom. The number of nitrogens with two attached hydrogens (primary N) is 1. The third-order valence-electron chi connectivity index (χ3n) is 2.86. The molecular formula is C12H22N6O. The van der Waals surface area contributed by atoms with E-state index < -0.39 is 0 Å². The van der Waals surface area contributed by atoms with E-state index in [1.54, 1.807) is 13.1 Å². The maximum Gasteiger partial charge on any atom is 0.224 e. The Morgan fingerprint density at radius 3 is 2.74 bits per heavy atom. The number of hydrogen-bond acceptors (Lipinski definition) is 6. The van der Waals surface area contributed by atoms with E-state index in [0.29, 0.717) is 18.2 Å². The number of hydrazine groups is 1. The summed E-state index contributed by atoms with van der Waals surface area (Å²) < 4.78 is 0. The van der Waals surface area contributed by atoms with Crippen LogP contribution in [0.15, 0.2) is 6.07 Å². The first-order valence-corrected chi connectivity index (χ1v) is 6.29. The van der Waals surface area contributed by atoms with Crippen molar-refractivity contribution in [3.8, 4) is 0 Å². The second-order valence-electron chi connectivity index (χ2n) is 4.42. The molecule has 0 spiro atoms. The van der Waals surface area contributed by atoms with Crippen LogP contribution in [0, 0.1) is 5.92 Å².